The van der Waals surface area contributed by atoms with Gasteiger partial charge in [-0.1, -0.05) is 24.3 Å². The lowest BCUT2D eigenvalue weighted by Crippen LogP contribution is -2.60. The maximum atomic E-state index is 10.3. The zero-order valence-electron chi connectivity index (χ0n) is 18.0. The van der Waals surface area contributed by atoms with Gasteiger partial charge in [0.05, 0.1) is 19.8 Å². The zero-order valence-corrected chi connectivity index (χ0v) is 18.0. The van der Waals surface area contributed by atoms with Crippen LogP contribution in [0, 0.1) is 6.92 Å². The van der Waals surface area contributed by atoms with E-state index in [0.29, 0.717) is 18.8 Å². The Morgan fingerprint density at radius 1 is 0.969 bits per heavy atom. The fourth-order valence-electron chi connectivity index (χ4n) is 3.99. The maximum absolute atomic E-state index is 10.3. The minimum absolute atomic E-state index is 0.0933. The largest absolute Gasteiger partial charge is 0.488 e. The van der Waals surface area contributed by atoms with Crippen LogP contribution in [-0.2, 0) is 15.9 Å². The van der Waals surface area contributed by atoms with Crippen molar-refractivity contribution < 1.29 is 39.4 Å². The summed E-state index contributed by atoms with van der Waals surface area (Å²) in [6.07, 6.45) is -5.07. The molecule has 0 unspecified atom stereocenters. The van der Waals surface area contributed by atoms with Gasteiger partial charge in [-0.3, -0.25) is 0 Å². The van der Waals surface area contributed by atoms with Crippen LogP contribution < -0.4 is 9.47 Å². The molecule has 6 atom stereocenters. The van der Waals surface area contributed by atoms with Crippen molar-refractivity contribution in [3.63, 3.8) is 0 Å². The summed E-state index contributed by atoms with van der Waals surface area (Å²) in [4.78, 5) is 0. The molecule has 174 valence electrons. The molecule has 0 amide bonds. The monoisotopic (exact) mass is 446 g/mol. The number of hydrogen-bond donors (Lipinski definition) is 4. The molecule has 32 heavy (non-hydrogen) atoms. The number of aliphatic hydroxyl groups is 4. The van der Waals surface area contributed by atoms with Crippen LogP contribution in [0.25, 0.3) is 0 Å². The lowest BCUT2D eigenvalue weighted by atomic mass is 9.98. The van der Waals surface area contributed by atoms with Crippen LogP contribution in [0.1, 0.15) is 23.1 Å². The van der Waals surface area contributed by atoms with Crippen molar-refractivity contribution in [1.29, 1.82) is 0 Å². The fourth-order valence-corrected chi connectivity index (χ4v) is 3.99. The second-order valence-corrected chi connectivity index (χ2v) is 8.29. The van der Waals surface area contributed by atoms with Crippen LogP contribution in [0.4, 0.5) is 0 Å². The summed E-state index contributed by atoms with van der Waals surface area (Å²) < 4.78 is 22.7. The van der Waals surface area contributed by atoms with Gasteiger partial charge in [0.15, 0.2) is 0 Å². The van der Waals surface area contributed by atoms with Crippen molar-refractivity contribution in [3.8, 4) is 11.5 Å². The first kappa shape index (κ1) is 23.0. The Labute approximate surface area is 186 Å². The first-order valence-electron chi connectivity index (χ1n) is 10.8. The SMILES string of the molecule is Cc1cccc(O[C@@H]2O[C@H](CO)[C@@H](O)[C@H](O)[C@H]2O)c1Cc1ccc(O[C@H]2CCOC2)cc1. The predicted octanol–water partition coefficient (Wildman–Crippen LogP) is 0.932. The smallest absolute Gasteiger partial charge is 0.229 e. The molecule has 2 aromatic rings. The number of ether oxygens (including phenoxy) is 4. The van der Waals surface area contributed by atoms with Crippen molar-refractivity contribution in [3.05, 3.63) is 59.2 Å². The second kappa shape index (κ2) is 10.2. The Morgan fingerprint density at radius 2 is 1.75 bits per heavy atom. The fraction of sp³-hybridized carbons (Fsp3) is 0.500. The molecule has 4 rings (SSSR count). The lowest BCUT2D eigenvalue weighted by Gasteiger charge is -2.39. The molecule has 2 saturated heterocycles. The van der Waals surface area contributed by atoms with E-state index in [1.165, 1.54) is 0 Å². The Hall–Kier alpha value is -2.20. The van der Waals surface area contributed by atoms with Gasteiger partial charge < -0.3 is 39.4 Å². The van der Waals surface area contributed by atoms with Crippen molar-refractivity contribution in [2.75, 3.05) is 19.8 Å². The summed E-state index contributed by atoms with van der Waals surface area (Å²) in [6, 6.07) is 13.4. The van der Waals surface area contributed by atoms with Crippen molar-refractivity contribution in [1.82, 2.24) is 0 Å². The summed E-state index contributed by atoms with van der Waals surface area (Å²) in [5, 5.41) is 39.7. The van der Waals surface area contributed by atoms with E-state index in [2.05, 4.69) is 0 Å². The molecule has 8 nitrogen and oxygen atoms in total. The van der Waals surface area contributed by atoms with Gasteiger partial charge in [0.25, 0.3) is 0 Å². The number of benzene rings is 2. The Kier molecular flexibility index (Phi) is 7.30. The molecule has 4 N–H and O–H groups in total. The van der Waals surface area contributed by atoms with Gasteiger partial charge in [-0.15, -0.1) is 0 Å². The van der Waals surface area contributed by atoms with Crippen LogP contribution in [0.5, 0.6) is 11.5 Å². The van der Waals surface area contributed by atoms with E-state index in [1.54, 1.807) is 6.07 Å². The third-order valence-corrected chi connectivity index (χ3v) is 5.95. The van der Waals surface area contributed by atoms with E-state index in [9.17, 15) is 20.4 Å². The van der Waals surface area contributed by atoms with Gasteiger partial charge in [-0.05, 0) is 36.2 Å². The lowest BCUT2D eigenvalue weighted by molar-refractivity contribution is -0.277. The molecule has 0 radical (unpaired) electrons. The molecule has 2 aliphatic rings. The minimum atomic E-state index is -1.49. The van der Waals surface area contributed by atoms with Crippen molar-refractivity contribution in [2.24, 2.45) is 0 Å². The molecule has 0 bridgehead atoms. The molecule has 2 aromatic carbocycles. The van der Waals surface area contributed by atoms with Gasteiger partial charge in [0.1, 0.15) is 42.0 Å². The normalized spacial score (nSPS) is 30.3. The van der Waals surface area contributed by atoms with Gasteiger partial charge >= 0.3 is 0 Å². The molecule has 2 aliphatic heterocycles. The Bertz CT molecular complexity index is 878. The topological polar surface area (TPSA) is 118 Å². The second-order valence-electron chi connectivity index (χ2n) is 8.29. The molecule has 0 saturated carbocycles. The standard InChI is InChI=1S/C24H30O8/c1-14-3-2-4-19(31-24-23(28)22(27)21(26)20(12-25)32-24)18(14)11-15-5-7-16(8-6-15)30-17-9-10-29-13-17/h2-8,17,20-28H,9-13H2,1H3/t17-,20+,21+,22-,23+,24+/m0/s1. The minimum Gasteiger partial charge on any atom is -0.488 e. The van der Waals surface area contributed by atoms with E-state index in [4.69, 9.17) is 18.9 Å². The van der Waals surface area contributed by atoms with Gasteiger partial charge in [0, 0.05) is 18.4 Å². The highest BCUT2D eigenvalue weighted by atomic mass is 16.7. The van der Waals surface area contributed by atoms with Gasteiger partial charge in [0.2, 0.25) is 6.29 Å². The first-order valence-corrected chi connectivity index (χ1v) is 10.8. The predicted molar refractivity (Wildman–Crippen MR) is 115 cm³/mol. The van der Waals surface area contributed by atoms with Gasteiger partial charge in [-0.25, -0.2) is 0 Å². The van der Waals surface area contributed by atoms with Crippen LogP contribution in [0.2, 0.25) is 0 Å². The van der Waals surface area contributed by atoms with Crippen molar-refractivity contribution >= 4 is 0 Å². The Balaban J connectivity index is 1.48. The van der Waals surface area contributed by atoms with Crippen LogP contribution in [0.3, 0.4) is 0 Å². The van der Waals surface area contributed by atoms with E-state index in [-0.39, 0.29) is 6.10 Å². The average molecular weight is 446 g/mol. The average Bonchev–Trinajstić information content (AvgIpc) is 3.30. The summed E-state index contributed by atoms with van der Waals surface area (Å²) >= 11 is 0. The highest BCUT2D eigenvalue weighted by Crippen LogP contribution is 2.30. The first-order chi connectivity index (χ1) is 15.5. The van der Waals surface area contributed by atoms with Gasteiger partial charge in [-0.2, -0.15) is 0 Å². The molecule has 8 heteroatoms. The zero-order chi connectivity index (χ0) is 22.7. The summed E-state index contributed by atoms with van der Waals surface area (Å²) in [5.41, 5.74) is 2.95. The van der Waals surface area contributed by atoms with E-state index >= 15 is 0 Å². The number of aliphatic hydroxyl groups excluding tert-OH is 4. The number of hydrogen-bond acceptors (Lipinski definition) is 8. The Morgan fingerprint density at radius 3 is 2.44 bits per heavy atom. The van der Waals surface area contributed by atoms with E-state index in [1.807, 2.05) is 43.3 Å². The summed E-state index contributed by atoms with van der Waals surface area (Å²) in [5.74, 6) is 1.30. The summed E-state index contributed by atoms with van der Waals surface area (Å²) in [6.45, 7) is 2.80. The third kappa shape index (κ3) is 5.06. The molecule has 0 aromatic heterocycles. The maximum Gasteiger partial charge on any atom is 0.229 e. The van der Waals surface area contributed by atoms with Crippen LogP contribution >= 0.6 is 0 Å². The highest BCUT2D eigenvalue weighted by molar-refractivity contribution is 5.43. The van der Waals surface area contributed by atoms with Crippen LogP contribution in [0.15, 0.2) is 42.5 Å². The summed E-state index contributed by atoms with van der Waals surface area (Å²) in [7, 11) is 0. The van der Waals surface area contributed by atoms with Crippen molar-refractivity contribution in [2.45, 2.75) is 56.6 Å². The molecular weight excluding hydrogens is 416 g/mol. The van der Waals surface area contributed by atoms with E-state index < -0.39 is 37.3 Å². The quantitative estimate of drug-likeness (QED) is 0.496. The number of aryl methyl sites for hydroxylation is 1. The van der Waals surface area contributed by atoms with Crippen LogP contribution in [-0.4, -0.2) is 77.1 Å². The molecule has 2 heterocycles. The molecule has 0 spiro atoms. The third-order valence-electron chi connectivity index (χ3n) is 5.95. The highest BCUT2D eigenvalue weighted by Gasteiger charge is 2.44. The van der Waals surface area contributed by atoms with E-state index in [0.717, 1.165) is 35.5 Å². The molecule has 2 fully saturated rings. The number of rotatable bonds is 7. The molecule has 0 aliphatic carbocycles. The molecular formula is C24H30O8.